The highest BCUT2D eigenvalue weighted by molar-refractivity contribution is 5.94. The molecule has 1 aliphatic heterocycles. The first kappa shape index (κ1) is 20.6. The van der Waals surface area contributed by atoms with Crippen molar-refractivity contribution in [3.05, 3.63) is 60.3 Å². The minimum absolute atomic E-state index is 0.0351. The molecule has 0 spiro atoms. The highest BCUT2D eigenvalue weighted by Crippen LogP contribution is 2.12. The lowest BCUT2D eigenvalue weighted by Gasteiger charge is -2.37. The van der Waals surface area contributed by atoms with Gasteiger partial charge in [0.05, 0.1) is 0 Å². The predicted octanol–water partition coefficient (Wildman–Crippen LogP) is 1.99. The number of hydrogen-bond donors (Lipinski definition) is 2. The number of piperazine rings is 1. The fraction of sp³-hybridized carbons (Fsp3) is 0.409. The van der Waals surface area contributed by atoms with Gasteiger partial charge in [0.2, 0.25) is 0 Å². The number of pyridine rings is 1. The Morgan fingerprint density at radius 3 is 2.48 bits per heavy atom. The van der Waals surface area contributed by atoms with Gasteiger partial charge in [0.15, 0.2) is 5.96 Å². The van der Waals surface area contributed by atoms with E-state index in [1.807, 2.05) is 48.7 Å². The maximum absolute atomic E-state index is 12.1. The maximum atomic E-state index is 12.1. The van der Waals surface area contributed by atoms with Gasteiger partial charge in [-0.05, 0) is 37.6 Å². The first-order valence-corrected chi connectivity index (χ1v) is 10.3. The van der Waals surface area contributed by atoms with Crippen molar-refractivity contribution in [1.29, 1.82) is 0 Å². The zero-order chi connectivity index (χ0) is 20.3. The summed E-state index contributed by atoms with van der Waals surface area (Å²) in [6.45, 7) is 7.88. The molecule has 7 heteroatoms. The van der Waals surface area contributed by atoms with Gasteiger partial charge in [0.1, 0.15) is 5.82 Å². The van der Waals surface area contributed by atoms with E-state index in [1.165, 1.54) is 0 Å². The highest BCUT2D eigenvalue weighted by Gasteiger charge is 2.20. The number of carbonyl (C=O) groups is 1. The van der Waals surface area contributed by atoms with Crippen LogP contribution in [0, 0.1) is 0 Å². The third-order valence-corrected chi connectivity index (χ3v) is 4.81. The van der Waals surface area contributed by atoms with Gasteiger partial charge in [0.25, 0.3) is 5.91 Å². The van der Waals surface area contributed by atoms with E-state index >= 15 is 0 Å². The van der Waals surface area contributed by atoms with Gasteiger partial charge in [0, 0.05) is 57.6 Å². The zero-order valence-electron chi connectivity index (χ0n) is 17.1. The number of rotatable bonds is 7. The summed E-state index contributed by atoms with van der Waals surface area (Å²) in [5.74, 6) is 1.94. The molecule has 0 saturated carbocycles. The Balaban J connectivity index is 1.43. The van der Waals surface area contributed by atoms with Gasteiger partial charge in [-0.25, -0.2) is 4.98 Å². The van der Waals surface area contributed by atoms with E-state index < -0.39 is 0 Å². The molecule has 2 aromatic rings. The summed E-state index contributed by atoms with van der Waals surface area (Å²) in [6.07, 6.45) is 2.64. The van der Waals surface area contributed by atoms with Crippen molar-refractivity contribution < 1.29 is 4.79 Å². The van der Waals surface area contributed by atoms with Gasteiger partial charge in [-0.2, -0.15) is 0 Å². The molecule has 1 aliphatic rings. The molecule has 0 radical (unpaired) electrons. The fourth-order valence-electron chi connectivity index (χ4n) is 3.27. The second-order valence-corrected chi connectivity index (χ2v) is 6.87. The first-order valence-electron chi connectivity index (χ1n) is 10.3. The lowest BCUT2D eigenvalue weighted by molar-refractivity contribution is 0.0953. The lowest BCUT2D eigenvalue weighted by atomic mass is 10.2. The molecule has 3 rings (SSSR count). The summed E-state index contributed by atoms with van der Waals surface area (Å²) >= 11 is 0. The van der Waals surface area contributed by atoms with Gasteiger partial charge in [-0.1, -0.05) is 24.3 Å². The molecule has 0 aliphatic carbocycles. The minimum atomic E-state index is -0.0351. The van der Waals surface area contributed by atoms with E-state index in [1.54, 1.807) is 0 Å². The number of aliphatic imine (C=N–C) groups is 1. The number of guanidine groups is 1. The van der Waals surface area contributed by atoms with Crippen molar-refractivity contribution in [2.24, 2.45) is 4.99 Å². The van der Waals surface area contributed by atoms with E-state index in [2.05, 4.69) is 38.4 Å². The average molecular weight is 395 g/mol. The third-order valence-electron chi connectivity index (χ3n) is 4.81. The highest BCUT2D eigenvalue weighted by atomic mass is 16.1. The maximum Gasteiger partial charge on any atom is 0.251 e. The summed E-state index contributed by atoms with van der Waals surface area (Å²) in [5, 5.41) is 6.34. The van der Waals surface area contributed by atoms with Gasteiger partial charge < -0.3 is 20.4 Å². The third kappa shape index (κ3) is 6.20. The number of benzene rings is 1. The number of hydrogen-bond acceptors (Lipinski definition) is 4. The summed E-state index contributed by atoms with van der Waals surface area (Å²) in [6, 6.07) is 15.3. The van der Waals surface area contributed by atoms with Crippen LogP contribution in [0.3, 0.4) is 0 Å². The molecule has 1 aromatic carbocycles. The van der Waals surface area contributed by atoms with Crippen molar-refractivity contribution in [3.8, 4) is 0 Å². The van der Waals surface area contributed by atoms with Crippen molar-refractivity contribution in [3.63, 3.8) is 0 Å². The summed E-state index contributed by atoms with van der Waals surface area (Å²) < 4.78 is 0. The molecule has 7 nitrogen and oxygen atoms in total. The molecule has 0 atom stereocenters. The van der Waals surface area contributed by atoms with Crippen LogP contribution in [0.15, 0.2) is 59.7 Å². The largest absolute Gasteiger partial charge is 0.357 e. The predicted molar refractivity (Wildman–Crippen MR) is 117 cm³/mol. The van der Waals surface area contributed by atoms with Crippen molar-refractivity contribution in [2.45, 2.75) is 13.3 Å². The van der Waals surface area contributed by atoms with Crippen LogP contribution in [0.2, 0.25) is 0 Å². The van der Waals surface area contributed by atoms with E-state index in [9.17, 15) is 4.79 Å². The molecule has 29 heavy (non-hydrogen) atoms. The fourth-order valence-corrected chi connectivity index (χ4v) is 3.27. The Morgan fingerprint density at radius 1 is 1.03 bits per heavy atom. The van der Waals surface area contributed by atoms with Gasteiger partial charge in [-0.3, -0.25) is 9.79 Å². The van der Waals surface area contributed by atoms with E-state index in [4.69, 9.17) is 4.99 Å². The Morgan fingerprint density at radius 2 is 1.79 bits per heavy atom. The van der Waals surface area contributed by atoms with E-state index in [0.29, 0.717) is 18.7 Å². The molecule has 0 bridgehead atoms. The first-order chi connectivity index (χ1) is 14.3. The van der Waals surface area contributed by atoms with E-state index in [-0.39, 0.29) is 5.91 Å². The Hall–Kier alpha value is -3.09. The van der Waals surface area contributed by atoms with Crippen molar-refractivity contribution in [2.75, 3.05) is 50.7 Å². The van der Waals surface area contributed by atoms with Crippen LogP contribution in [0.4, 0.5) is 5.82 Å². The van der Waals surface area contributed by atoms with Gasteiger partial charge in [-0.15, -0.1) is 0 Å². The molecule has 1 fully saturated rings. The molecule has 154 valence electrons. The number of anilines is 1. The monoisotopic (exact) mass is 394 g/mol. The second-order valence-electron chi connectivity index (χ2n) is 6.87. The number of nitrogens with one attached hydrogen (secondary N) is 2. The van der Waals surface area contributed by atoms with Crippen LogP contribution < -0.4 is 15.5 Å². The molecular weight excluding hydrogens is 364 g/mol. The lowest BCUT2D eigenvalue weighted by Crippen LogP contribution is -2.52. The molecular formula is C22H30N6O. The van der Waals surface area contributed by atoms with Crippen molar-refractivity contribution in [1.82, 2.24) is 20.5 Å². The van der Waals surface area contributed by atoms with Crippen LogP contribution in [-0.2, 0) is 0 Å². The Bertz CT molecular complexity index is 772. The summed E-state index contributed by atoms with van der Waals surface area (Å²) in [4.78, 5) is 25.9. The molecule has 1 aromatic heterocycles. The SMILES string of the molecule is CCNC(=NCCCNC(=O)c1ccccc1)N1CCN(c2ccccn2)CC1. The topological polar surface area (TPSA) is 72.9 Å². The van der Waals surface area contributed by atoms with Crippen LogP contribution >= 0.6 is 0 Å². The number of carbonyl (C=O) groups excluding carboxylic acids is 1. The molecule has 1 amide bonds. The van der Waals surface area contributed by atoms with Crippen LogP contribution in [0.25, 0.3) is 0 Å². The Kier molecular flexibility index (Phi) is 7.86. The normalized spacial score (nSPS) is 14.6. The van der Waals surface area contributed by atoms with Crippen LogP contribution in [0.1, 0.15) is 23.7 Å². The quantitative estimate of drug-likeness (QED) is 0.427. The standard InChI is InChI=1S/C22H30N6O/c1-2-23-22(26-14-8-13-25-21(29)19-9-4-3-5-10-19)28-17-15-27(16-18-28)20-11-6-7-12-24-20/h3-7,9-12H,2,8,13-18H2,1H3,(H,23,26)(H,25,29). The summed E-state index contributed by atoms with van der Waals surface area (Å²) in [7, 11) is 0. The van der Waals surface area contributed by atoms with Crippen LogP contribution in [-0.4, -0.2) is 67.6 Å². The smallest absolute Gasteiger partial charge is 0.251 e. The number of nitrogens with zero attached hydrogens (tertiary/aromatic N) is 4. The van der Waals surface area contributed by atoms with Crippen molar-refractivity contribution >= 4 is 17.7 Å². The molecule has 1 saturated heterocycles. The van der Waals surface area contributed by atoms with Crippen LogP contribution in [0.5, 0.6) is 0 Å². The number of amides is 1. The summed E-state index contributed by atoms with van der Waals surface area (Å²) in [5.41, 5.74) is 0.690. The molecule has 2 N–H and O–H groups in total. The second kappa shape index (κ2) is 11.0. The zero-order valence-corrected chi connectivity index (χ0v) is 17.1. The van der Waals surface area contributed by atoms with E-state index in [0.717, 1.165) is 50.9 Å². The van der Waals surface area contributed by atoms with Gasteiger partial charge >= 0.3 is 0 Å². The minimum Gasteiger partial charge on any atom is -0.357 e. The average Bonchev–Trinajstić information content (AvgIpc) is 2.79. The molecule has 2 heterocycles. The molecule has 0 unspecified atom stereocenters. The Labute approximate surface area is 172 Å². The number of aromatic nitrogens is 1.